The molecule has 0 atom stereocenters. The van der Waals surface area contributed by atoms with Crippen molar-refractivity contribution >= 4 is 56.8 Å². The summed E-state index contributed by atoms with van der Waals surface area (Å²) in [6.45, 7) is 1.72. The molecule has 0 aliphatic carbocycles. The molecule has 0 radical (unpaired) electrons. The molecule has 2 aromatic carbocycles. The van der Waals surface area contributed by atoms with Crippen molar-refractivity contribution < 1.29 is 4.42 Å². The van der Waals surface area contributed by atoms with E-state index in [0.29, 0.717) is 61.1 Å². The molecular formula is C20H14Cl2N6O2. The smallest absolute Gasteiger partial charge is 0.261 e. The second kappa shape index (κ2) is 6.86. The first kappa shape index (κ1) is 18.7. The molecular weight excluding hydrogens is 427 g/mol. The molecule has 0 aliphatic heterocycles. The van der Waals surface area contributed by atoms with Crippen molar-refractivity contribution in [1.29, 1.82) is 0 Å². The molecule has 5 aromatic rings. The summed E-state index contributed by atoms with van der Waals surface area (Å²) < 4.78 is 7.25. The number of hydrogen-bond donors (Lipinski definition) is 2. The maximum absolute atomic E-state index is 13.0. The molecule has 0 saturated carbocycles. The maximum atomic E-state index is 13.0. The molecule has 10 heteroatoms. The molecule has 3 aromatic heterocycles. The number of aryl methyl sites for hydroxylation is 2. The number of halogens is 2. The molecule has 5 rings (SSSR count). The van der Waals surface area contributed by atoms with E-state index in [9.17, 15) is 4.79 Å². The lowest BCUT2D eigenvalue weighted by Crippen LogP contribution is -2.11. The van der Waals surface area contributed by atoms with Crippen molar-refractivity contribution in [1.82, 2.24) is 24.5 Å². The third-order valence-corrected chi connectivity index (χ3v) is 5.39. The molecule has 8 nitrogen and oxygen atoms in total. The van der Waals surface area contributed by atoms with Crippen LogP contribution in [0.3, 0.4) is 0 Å². The quantitative estimate of drug-likeness (QED) is 0.416. The van der Waals surface area contributed by atoms with E-state index in [0.717, 1.165) is 0 Å². The second-order valence-electron chi connectivity index (χ2n) is 6.70. The van der Waals surface area contributed by atoms with E-state index in [-0.39, 0.29) is 5.56 Å². The Morgan fingerprint density at radius 1 is 1.10 bits per heavy atom. The Morgan fingerprint density at radius 3 is 2.53 bits per heavy atom. The summed E-state index contributed by atoms with van der Waals surface area (Å²) in [5.74, 6) is 1.69. The Balaban J connectivity index is 1.70. The fraction of sp³-hybridized carbons (Fsp3) is 0.100. The summed E-state index contributed by atoms with van der Waals surface area (Å²) in [5.41, 5.74) is 2.01. The third kappa shape index (κ3) is 2.92. The molecule has 30 heavy (non-hydrogen) atoms. The minimum absolute atomic E-state index is 0.306. The monoisotopic (exact) mass is 440 g/mol. The van der Waals surface area contributed by atoms with Gasteiger partial charge in [0, 0.05) is 14.0 Å². The van der Waals surface area contributed by atoms with Crippen LogP contribution in [-0.2, 0) is 7.05 Å². The molecule has 0 fully saturated rings. The molecule has 0 unspecified atom stereocenters. The summed E-state index contributed by atoms with van der Waals surface area (Å²) in [5, 5.41) is 4.50. The Morgan fingerprint density at radius 2 is 1.83 bits per heavy atom. The number of imidazole rings is 1. The zero-order chi connectivity index (χ0) is 21.0. The SMILES string of the molecule is Cc1ncc(-c2nc3ccc4nc(Nc5c(Cl)cccc5Cl)n(C)c4c3c(=O)[nH]2)o1. The number of hydrogen-bond acceptors (Lipinski definition) is 6. The van der Waals surface area contributed by atoms with E-state index in [4.69, 9.17) is 27.6 Å². The van der Waals surface area contributed by atoms with Crippen molar-refractivity contribution in [3.05, 3.63) is 62.8 Å². The average Bonchev–Trinajstić information content (AvgIpc) is 3.28. The van der Waals surface area contributed by atoms with Crippen molar-refractivity contribution in [2.24, 2.45) is 7.05 Å². The normalized spacial score (nSPS) is 11.5. The Labute approximate surface area is 179 Å². The van der Waals surface area contributed by atoms with Gasteiger partial charge in [-0.3, -0.25) is 4.79 Å². The number of anilines is 2. The van der Waals surface area contributed by atoms with Crippen LogP contribution in [0.15, 0.2) is 45.7 Å². The minimum atomic E-state index is -0.306. The highest BCUT2D eigenvalue weighted by atomic mass is 35.5. The van der Waals surface area contributed by atoms with Gasteiger partial charge in [-0.2, -0.15) is 0 Å². The first-order chi connectivity index (χ1) is 14.4. The van der Waals surface area contributed by atoms with Crippen molar-refractivity contribution in [2.75, 3.05) is 5.32 Å². The zero-order valence-electron chi connectivity index (χ0n) is 15.8. The van der Waals surface area contributed by atoms with Gasteiger partial charge < -0.3 is 19.3 Å². The van der Waals surface area contributed by atoms with Crippen LogP contribution < -0.4 is 10.9 Å². The number of nitrogens with one attached hydrogen (secondary N) is 2. The number of rotatable bonds is 3. The van der Waals surface area contributed by atoms with Crippen LogP contribution in [0.1, 0.15) is 5.89 Å². The van der Waals surface area contributed by atoms with Crippen molar-refractivity contribution in [3.8, 4) is 11.6 Å². The minimum Gasteiger partial charge on any atom is -0.438 e. The van der Waals surface area contributed by atoms with Crippen LogP contribution in [0.5, 0.6) is 0 Å². The van der Waals surface area contributed by atoms with E-state index in [1.807, 2.05) is 0 Å². The number of aromatic amines is 1. The number of para-hydroxylation sites is 1. The average molecular weight is 441 g/mol. The summed E-state index contributed by atoms with van der Waals surface area (Å²) >= 11 is 12.5. The summed E-state index contributed by atoms with van der Waals surface area (Å²) in [4.78, 5) is 28.9. The van der Waals surface area contributed by atoms with E-state index in [2.05, 4.69) is 25.3 Å². The van der Waals surface area contributed by atoms with E-state index in [1.165, 1.54) is 6.20 Å². The summed E-state index contributed by atoms with van der Waals surface area (Å²) in [7, 11) is 1.80. The maximum Gasteiger partial charge on any atom is 0.261 e. The lowest BCUT2D eigenvalue weighted by atomic mass is 10.2. The third-order valence-electron chi connectivity index (χ3n) is 4.76. The van der Waals surface area contributed by atoms with Gasteiger partial charge in [0.05, 0.1) is 43.9 Å². The molecule has 2 N–H and O–H groups in total. The Kier molecular flexibility index (Phi) is 4.27. The number of oxazole rings is 1. The predicted octanol–water partition coefficient (Wildman–Crippen LogP) is 4.82. The molecule has 0 amide bonds. The van der Waals surface area contributed by atoms with Crippen LogP contribution in [0.2, 0.25) is 10.0 Å². The van der Waals surface area contributed by atoms with Crippen molar-refractivity contribution in [3.63, 3.8) is 0 Å². The number of aromatic nitrogens is 5. The highest BCUT2D eigenvalue weighted by Gasteiger charge is 2.18. The highest BCUT2D eigenvalue weighted by molar-refractivity contribution is 6.39. The number of fused-ring (bicyclic) bond motifs is 3. The fourth-order valence-corrected chi connectivity index (χ4v) is 3.85. The molecule has 150 valence electrons. The standard InChI is InChI=1S/C20H14Cl2N6O2/c1-9-23-8-14(30-9)18-24-12-6-7-13-17(15(12)19(29)27-18)28(2)20(25-13)26-16-10(21)4-3-5-11(16)22/h3-8H,1-2H3,(H,25,26)(H,24,27,29). The first-order valence-corrected chi connectivity index (χ1v) is 9.71. The van der Waals surface area contributed by atoms with E-state index < -0.39 is 0 Å². The van der Waals surface area contributed by atoms with Gasteiger partial charge in [-0.05, 0) is 24.3 Å². The van der Waals surface area contributed by atoms with Gasteiger partial charge in [0.25, 0.3) is 5.56 Å². The largest absolute Gasteiger partial charge is 0.438 e. The van der Waals surface area contributed by atoms with Gasteiger partial charge in [-0.25, -0.2) is 15.0 Å². The van der Waals surface area contributed by atoms with Crippen LogP contribution in [-0.4, -0.2) is 24.5 Å². The number of benzene rings is 2. The van der Waals surface area contributed by atoms with E-state index >= 15 is 0 Å². The van der Waals surface area contributed by atoms with Gasteiger partial charge >= 0.3 is 0 Å². The summed E-state index contributed by atoms with van der Waals surface area (Å²) in [6.07, 6.45) is 1.53. The van der Waals surface area contributed by atoms with Gasteiger partial charge in [-0.1, -0.05) is 29.3 Å². The van der Waals surface area contributed by atoms with Crippen LogP contribution >= 0.6 is 23.2 Å². The van der Waals surface area contributed by atoms with Gasteiger partial charge in [-0.15, -0.1) is 0 Å². The molecule has 0 spiro atoms. The van der Waals surface area contributed by atoms with Gasteiger partial charge in [0.2, 0.25) is 5.95 Å². The molecule has 0 saturated heterocycles. The highest BCUT2D eigenvalue weighted by Crippen LogP contribution is 2.34. The van der Waals surface area contributed by atoms with Gasteiger partial charge in [0.15, 0.2) is 17.5 Å². The van der Waals surface area contributed by atoms with Crippen molar-refractivity contribution in [2.45, 2.75) is 6.92 Å². The van der Waals surface area contributed by atoms with Crippen LogP contribution in [0.4, 0.5) is 11.6 Å². The fourth-order valence-electron chi connectivity index (χ4n) is 3.36. The molecule has 3 heterocycles. The van der Waals surface area contributed by atoms with Crippen LogP contribution in [0.25, 0.3) is 33.5 Å². The summed E-state index contributed by atoms with van der Waals surface area (Å²) in [6, 6.07) is 8.78. The molecule has 0 bridgehead atoms. The number of H-pyrrole nitrogens is 1. The Hall–Kier alpha value is -3.36. The molecule has 0 aliphatic rings. The zero-order valence-corrected chi connectivity index (χ0v) is 17.3. The predicted molar refractivity (Wildman–Crippen MR) is 117 cm³/mol. The lowest BCUT2D eigenvalue weighted by molar-refractivity contribution is 0.530. The lowest BCUT2D eigenvalue weighted by Gasteiger charge is -2.10. The topological polar surface area (TPSA) is 102 Å². The van der Waals surface area contributed by atoms with E-state index in [1.54, 1.807) is 48.9 Å². The first-order valence-electron chi connectivity index (χ1n) is 8.95. The number of nitrogens with zero attached hydrogens (tertiary/aromatic N) is 4. The van der Waals surface area contributed by atoms with Crippen LogP contribution in [0, 0.1) is 6.92 Å². The Bertz CT molecular complexity index is 1480. The van der Waals surface area contributed by atoms with Gasteiger partial charge in [0.1, 0.15) is 0 Å². The second-order valence-corrected chi connectivity index (χ2v) is 7.52.